The summed E-state index contributed by atoms with van der Waals surface area (Å²) in [6, 6.07) is 0. The Morgan fingerprint density at radius 1 is 0.759 bits per heavy atom. The van der Waals surface area contributed by atoms with Gasteiger partial charge in [0, 0.05) is 32.4 Å². The molecule has 0 aromatic rings. The van der Waals surface area contributed by atoms with Crippen LogP contribution >= 0.6 is 0 Å². The fourth-order valence-electron chi connectivity index (χ4n) is 2.27. The van der Waals surface area contributed by atoms with Crippen molar-refractivity contribution in [2.24, 2.45) is 0 Å². The molecule has 0 aliphatic heterocycles. The lowest BCUT2D eigenvalue weighted by molar-refractivity contribution is -0.147. The van der Waals surface area contributed by atoms with Crippen molar-refractivity contribution in [1.82, 2.24) is 10.6 Å². The monoisotopic (exact) mass is 414 g/mol. The molecular formula is C20H34N2O7. The van der Waals surface area contributed by atoms with Crippen LogP contribution in [0.15, 0.2) is 0 Å². The third-order valence-corrected chi connectivity index (χ3v) is 3.91. The summed E-state index contributed by atoms with van der Waals surface area (Å²) < 4.78 is 10.1. The van der Waals surface area contributed by atoms with Crippen molar-refractivity contribution in [2.45, 2.75) is 71.1 Å². The van der Waals surface area contributed by atoms with Crippen LogP contribution in [0.1, 0.15) is 71.1 Å². The molecule has 9 heteroatoms. The number of aldehydes is 1. The third kappa shape index (κ3) is 18.7. The number of nitrogens with one attached hydrogen (secondary N) is 2. The van der Waals surface area contributed by atoms with Gasteiger partial charge in [-0.2, -0.15) is 0 Å². The highest BCUT2D eigenvalue weighted by Gasteiger charge is 2.10. The van der Waals surface area contributed by atoms with Gasteiger partial charge in [0.25, 0.3) is 0 Å². The molecule has 0 aliphatic carbocycles. The molecule has 0 aliphatic rings. The average Bonchev–Trinajstić information content (AvgIpc) is 2.70. The summed E-state index contributed by atoms with van der Waals surface area (Å²) in [7, 11) is 0. The van der Waals surface area contributed by atoms with Gasteiger partial charge in [0.1, 0.15) is 12.7 Å². The molecular weight excluding hydrogens is 380 g/mol. The smallest absolute Gasteiger partial charge is 0.315 e. The third-order valence-electron chi connectivity index (χ3n) is 3.91. The molecule has 0 aromatic carbocycles. The highest BCUT2D eigenvalue weighted by molar-refractivity contribution is 5.94. The number of unbranched alkanes of at least 4 members (excludes halogenated alkanes) is 5. The zero-order chi connectivity index (χ0) is 21.7. The zero-order valence-corrected chi connectivity index (χ0v) is 17.3. The molecule has 0 saturated heterocycles. The number of rotatable bonds is 18. The second-order valence-electron chi connectivity index (χ2n) is 6.50. The first-order valence-electron chi connectivity index (χ1n) is 10.3. The van der Waals surface area contributed by atoms with Crippen LogP contribution < -0.4 is 10.6 Å². The number of hydrogen-bond donors (Lipinski definition) is 2. The van der Waals surface area contributed by atoms with E-state index in [0.717, 1.165) is 25.5 Å². The summed E-state index contributed by atoms with van der Waals surface area (Å²) in [5.41, 5.74) is 0. The Bertz CT molecular complexity index is 509. The minimum Gasteiger partial charge on any atom is -0.466 e. The van der Waals surface area contributed by atoms with Crippen LogP contribution in [0, 0.1) is 0 Å². The van der Waals surface area contributed by atoms with Crippen LogP contribution in [0.5, 0.6) is 0 Å². The minimum absolute atomic E-state index is 0.0991. The van der Waals surface area contributed by atoms with E-state index in [0.29, 0.717) is 51.7 Å². The van der Waals surface area contributed by atoms with Gasteiger partial charge in [0.15, 0.2) is 0 Å². The van der Waals surface area contributed by atoms with Crippen LogP contribution in [-0.4, -0.2) is 56.3 Å². The van der Waals surface area contributed by atoms with Crippen molar-refractivity contribution in [3.05, 3.63) is 0 Å². The molecule has 2 N–H and O–H groups in total. The van der Waals surface area contributed by atoms with E-state index in [1.165, 1.54) is 0 Å². The Hall–Kier alpha value is -2.45. The maximum atomic E-state index is 11.5. The maximum Gasteiger partial charge on any atom is 0.315 e. The quantitative estimate of drug-likeness (QED) is 0.150. The van der Waals surface area contributed by atoms with E-state index in [4.69, 9.17) is 9.47 Å². The molecule has 0 bridgehead atoms. The molecule has 0 rings (SSSR count). The van der Waals surface area contributed by atoms with Crippen molar-refractivity contribution in [2.75, 3.05) is 26.3 Å². The first-order chi connectivity index (χ1) is 14.0. The van der Waals surface area contributed by atoms with Gasteiger partial charge >= 0.3 is 11.9 Å². The van der Waals surface area contributed by atoms with Gasteiger partial charge in [-0.1, -0.05) is 6.92 Å². The number of carbonyl (C=O) groups is 5. The second-order valence-corrected chi connectivity index (χ2v) is 6.50. The van der Waals surface area contributed by atoms with Crippen LogP contribution in [0.4, 0.5) is 0 Å². The molecule has 0 fully saturated rings. The summed E-state index contributed by atoms with van der Waals surface area (Å²) >= 11 is 0. The van der Waals surface area contributed by atoms with Gasteiger partial charge in [-0.25, -0.2) is 0 Å². The van der Waals surface area contributed by atoms with Crippen molar-refractivity contribution in [3.8, 4) is 0 Å². The predicted octanol–water partition coefficient (Wildman–Crippen LogP) is 1.42. The molecule has 0 radical (unpaired) electrons. The fourth-order valence-corrected chi connectivity index (χ4v) is 2.27. The summed E-state index contributed by atoms with van der Waals surface area (Å²) in [5, 5.41) is 5.14. The van der Waals surface area contributed by atoms with Crippen molar-refractivity contribution >= 4 is 30.0 Å². The molecule has 29 heavy (non-hydrogen) atoms. The van der Waals surface area contributed by atoms with Gasteiger partial charge in [-0.3, -0.25) is 19.2 Å². The molecule has 9 nitrogen and oxygen atoms in total. The Morgan fingerprint density at radius 2 is 1.34 bits per heavy atom. The first-order valence-corrected chi connectivity index (χ1v) is 10.3. The molecule has 0 heterocycles. The van der Waals surface area contributed by atoms with E-state index in [1.54, 1.807) is 6.92 Å². The number of amides is 2. The van der Waals surface area contributed by atoms with Crippen LogP contribution in [0.25, 0.3) is 0 Å². The Balaban J connectivity index is 3.50. The Kier molecular flexibility index (Phi) is 17.3. The lowest BCUT2D eigenvalue weighted by atomic mass is 10.2. The Labute approximate surface area is 172 Å². The number of esters is 2. The van der Waals surface area contributed by atoms with E-state index in [-0.39, 0.29) is 31.4 Å². The predicted molar refractivity (Wildman–Crippen MR) is 106 cm³/mol. The molecule has 0 unspecified atom stereocenters. The standard InChI is InChI=1S/C20H34N2O7/c1-2-17(24)21-11-12-22-18(25)16-20(27)29-15-9-5-6-10-19(26)28-14-8-4-3-7-13-23/h13H,2-12,14-16H2,1H3,(H,21,24)(H,22,25). The highest BCUT2D eigenvalue weighted by atomic mass is 16.5. The summed E-state index contributed by atoms with van der Waals surface area (Å²) in [6.07, 6.45) is 6.17. The number of carbonyl (C=O) groups excluding carboxylic acids is 5. The SMILES string of the molecule is CCC(=O)NCCNC(=O)CC(=O)OCCCCCC(=O)OCCCCCC=O. The van der Waals surface area contributed by atoms with Crippen molar-refractivity contribution in [1.29, 1.82) is 0 Å². The van der Waals surface area contributed by atoms with Crippen molar-refractivity contribution < 1.29 is 33.4 Å². The first kappa shape index (κ1) is 26.6. The van der Waals surface area contributed by atoms with Gasteiger partial charge in [0.05, 0.1) is 13.2 Å². The van der Waals surface area contributed by atoms with Gasteiger partial charge in [-0.05, 0) is 38.5 Å². The van der Waals surface area contributed by atoms with Crippen LogP contribution in [0.2, 0.25) is 0 Å². The molecule has 2 amide bonds. The molecule has 0 aromatic heterocycles. The van der Waals surface area contributed by atoms with E-state index < -0.39 is 11.9 Å². The topological polar surface area (TPSA) is 128 Å². The van der Waals surface area contributed by atoms with Gasteiger partial charge in [-0.15, -0.1) is 0 Å². The Morgan fingerprint density at radius 3 is 1.97 bits per heavy atom. The maximum absolute atomic E-state index is 11.5. The zero-order valence-electron chi connectivity index (χ0n) is 17.3. The number of ether oxygens (including phenoxy) is 2. The van der Waals surface area contributed by atoms with Gasteiger partial charge in [0.2, 0.25) is 11.8 Å². The highest BCUT2D eigenvalue weighted by Crippen LogP contribution is 2.04. The largest absolute Gasteiger partial charge is 0.466 e. The summed E-state index contributed by atoms with van der Waals surface area (Å²) in [4.78, 5) is 55.8. The second kappa shape index (κ2) is 18.9. The summed E-state index contributed by atoms with van der Waals surface area (Å²) in [5.74, 6) is -1.40. The molecule has 0 spiro atoms. The van der Waals surface area contributed by atoms with E-state index in [2.05, 4.69) is 10.6 Å². The van der Waals surface area contributed by atoms with E-state index in [9.17, 15) is 24.0 Å². The number of hydrogen-bond acceptors (Lipinski definition) is 7. The van der Waals surface area contributed by atoms with E-state index >= 15 is 0 Å². The van der Waals surface area contributed by atoms with Crippen LogP contribution in [0.3, 0.4) is 0 Å². The molecule has 0 saturated carbocycles. The van der Waals surface area contributed by atoms with Crippen LogP contribution in [-0.2, 0) is 33.4 Å². The van der Waals surface area contributed by atoms with Crippen molar-refractivity contribution in [3.63, 3.8) is 0 Å². The summed E-state index contributed by atoms with van der Waals surface area (Å²) in [6.45, 7) is 2.88. The lowest BCUT2D eigenvalue weighted by Gasteiger charge is -2.07. The fraction of sp³-hybridized carbons (Fsp3) is 0.750. The minimum atomic E-state index is -0.603. The van der Waals surface area contributed by atoms with E-state index in [1.807, 2.05) is 0 Å². The normalized spacial score (nSPS) is 10.1. The van der Waals surface area contributed by atoms with Gasteiger partial charge < -0.3 is 24.9 Å². The average molecular weight is 414 g/mol. The lowest BCUT2D eigenvalue weighted by Crippen LogP contribution is -2.35. The molecule has 0 atom stereocenters. The molecule has 166 valence electrons.